The zero-order valence-electron chi connectivity index (χ0n) is 18.4. The Kier molecular flexibility index (Phi) is 8.86. The minimum Gasteiger partial charge on any atom is -0.359 e. The van der Waals surface area contributed by atoms with Crippen LogP contribution in [0.5, 0.6) is 0 Å². The predicted octanol–water partition coefficient (Wildman–Crippen LogP) is 2.88. The molecule has 0 bridgehead atoms. The zero-order chi connectivity index (χ0) is 22.1. The first-order valence-corrected chi connectivity index (χ1v) is 11.9. The summed E-state index contributed by atoms with van der Waals surface area (Å²) in [5.74, 6) is 1.59. The highest BCUT2D eigenvalue weighted by Crippen LogP contribution is 2.15. The van der Waals surface area contributed by atoms with E-state index in [0.717, 1.165) is 22.6 Å². The highest BCUT2D eigenvalue weighted by Gasteiger charge is 2.15. The van der Waals surface area contributed by atoms with E-state index in [0.29, 0.717) is 31.5 Å². The lowest BCUT2D eigenvalue weighted by Crippen LogP contribution is -2.36. The van der Waals surface area contributed by atoms with E-state index in [9.17, 15) is 8.42 Å². The van der Waals surface area contributed by atoms with Crippen LogP contribution in [0.15, 0.2) is 39.8 Å². The lowest BCUT2D eigenvalue weighted by molar-refractivity contribution is 0.372. The van der Waals surface area contributed by atoms with E-state index in [-0.39, 0.29) is 11.8 Å². The SMILES string of the molecule is CCNC(=NCc1ccccc1CS(=O)(=O)NC(C)C)NCc1cc(C(C)C)no1. The van der Waals surface area contributed by atoms with Crippen molar-refractivity contribution in [1.29, 1.82) is 0 Å². The predicted molar refractivity (Wildman–Crippen MR) is 120 cm³/mol. The minimum atomic E-state index is -3.41. The first kappa shape index (κ1) is 23.9. The smallest absolute Gasteiger partial charge is 0.216 e. The van der Waals surface area contributed by atoms with E-state index in [4.69, 9.17) is 4.52 Å². The van der Waals surface area contributed by atoms with Gasteiger partial charge in [0.1, 0.15) is 0 Å². The molecule has 1 aromatic heterocycles. The van der Waals surface area contributed by atoms with Crippen LogP contribution < -0.4 is 15.4 Å². The molecule has 0 fully saturated rings. The second-order valence-electron chi connectivity index (χ2n) is 7.72. The summed E-state index contributed by atoms with van der Waals surface area (Å²) in [5.41, 5.74) is 2.52. The van der Waals surface area contributed by atoms with Gasteiger partial charge in [0.05, 0.1) is 24.5 Å². The molecule has 8 nitrogen and oxygen atoms in total. The minimum absolute atomic E-state index is 0.0725. The molecular formula is C21H33N5O3S. The Hall–Kier alpha value is -2.39. The van der Waals surface area contributed by atoms with E-state index in [1.807, 2.05) is 37.3 Å². The van der Waals surface area contributed by atoms with E-state index in [1.54, 1.807) is 13.8 Å². The van der Waals surface area contributed by atoms with Crippen molar-refractivity contribution in [3.05, 3.63) is 52.9 Å². The zero-order valence-corrected chi connectivity index (χ0v) is 19.2. The number of nitrogens with zero attached hydrogens (tertiary/aromatic N) is 2. The van der Waals surface area contributed by atoms with Crippen molar-refractivity contribution < 1.29 is 12.9 Å². The monoisotopic (exact) mass is 435 g/mol. The average Bonchev–Trinajstić information content (AvgIpc) is 3.13. The van der Waals surface area contributed by atoms with Crippen molar-refractivity contribution in [2.45, 2.75) is 65.4 Å². The fourth-order valence-electron chi connectivity index (χ4n) is 2.82. The first-order chi connectivity index (χ1) is 14.2. The molecule has 0 radical (unpaired) electrons. The van der Waals surface area contributed by atoms with Crippen molar-refractivity contribution in [3.8, 4) is 0 Å². The van der Waals surface area contributed by atoms with Gasteiger partial charge in [-0.1, -0.05) is 43.3 Å². The number of hydrogen-bond donors (Lipinski definition) is 3. The third-order valence-corrected chi connectivity index (χ3v) is 5.75. The summed E-state index contributed by atoms with van der Waals surface area (Å²) in [5, 5.41) is 10.5. The standard InChI is InChI=1S/C21H33N5O3S/c1-6-22-21(24-13-19-11-20(15(2)3)25-29-19)23-12-17-9-7-8-10-18(17)14-30(27,28)26-16(4)5/h7-11,15-16,26H,6,12-14H2,1-5H3,(H2,22,23,24). The Bertz CT molecular complexity index is 936. The van der Waals surface area contributed by atoms with E-state index < -0.39 is 10.0 Å². The second kappa shape index (κ2) is 11.1. The Morgan fingerprint density at radius 2 is 1.83 bits per heavy atom. The van der Waals surface area contributed by atoms with E-state index >= 15 is 0 Å². The summed E-state index contributed by atoms with van der Waals surface area (Å²) in [7, 11) is -3.41. The van der Waals surface area contributed by atoms with Crippen LogP contribution in [0.4, 0.5) is 0 Å². The van der Waals surface area contributed by atoms with Gasteiger partial charge in [-0.2, -0.15) is 0 Å². The normalized spacial score (nSPS) is 12.6. The van der Waals surface area contributed by atoms with Crippen LogP contribution in [0, 0.1) is 0 Å². The summed E-state index contributed by atoms with van der Waals surface area (Å²) in [4.78, 5) is 4.61. The molecule has 0 atom stereocenters. The number of rotatable bonds is 10. The lowest BCUT2D eigenvalue weighted by Gasteiger charge is -2.13. The van der Waals surface area contributed by atoms with Crippen LogP contribution in [0.25, 0.3) is 0 Å². The van der Waals surface area contributed by atoms with Crippen LogP contribution in [0.1, 0.15) is 63.1 Å². The number of benzene rings is 1. The van der Waals surface area contributed by atoms with Crippen molar-refractivity contribution >= 4 is 16.0 Å². The molecule has 0 aliphatic heterocycles. The maximum Gasteiger partial charge on any atom is 0.216 e. The van der Waals surface area contributed by atoms with Gasteiger partial charge in [-0.05, 0) is 37.8 Å². The second-order valence-corrected chi connectivity index (χ2v) is 9.48. The quantitative estimate of drug-likeness (QED) is 0.391. The highest BCUT2D eigenvalue weighted by atomic mass is 32.2. The van der Waals surface area contributed by atoms with Gasteiger partial charge < -0.3 is 15.2 Å². The topological polar surface area (TPSA) is 109 Å². The van der Waals surface area contributed by atoms with E-state index in [1.165, 1.54) is 0 Å². The molecule has 0 spiro atoms. The summed E-state index contributed by atoms with van der Waals surface area (Å²) >= 11 is 0. The molecule has 1 heterocycles. The summed E-state index contributed by atoms with van der Waals surface area (Å²) in [6.45, 7) is 11.2. The van der Waals surface area contributed by atoms with Crippen LogP contribution >= 0.6 is 0 Å². The van der Waals surface area contributed by atoms with Gasteiger partial charge in [-0.3, -0.25) is 0 Å². The van der Waals surface area contributed by atoms with Gasteiger partial charge in [0.15, 0.2) is 11.7 Å². The van der Waals surface area contributed by atoms with Crippen LogP contribution in [-0.2, 0) is 28.9 Å². The molecule has 1 aromatic carbocycles. The molecule has 9 heteroatoms. The highest BCUT2D eigenvalue weighted by molar-refractivity contribution is 7.88. The maximum atomic E-state index is 12.3. The largest absolute Gasteiger partial charge is 0.359 e. The van der Waals surface area contributed by atoms with Crippen molar-refractivity contribution in [3.63, 3.8) is 0 Å². The van der Waals surface area contributed by atoms with Crippen molar-refractivity contribution in [1.82, 2.24) is 20.5 Å². The molecule has 0 saturated heterocycles. The van der Waals surface area contributed by atoms with Crippen LogP contribution in [-0.4, -0.2) is 32.1 Å². The Balaban J connectivity index is 2.08. The molecule has 30 heavy (non-hydrogen) atoms. The number of sulfonamides is 1. The lowest BCUT2D eigenvalue weighted by atomic mass is 10.1. The molecule has 0 saturated carbocycles. The fraction of sp³-hybridized carbons (Fsp3) is 0.524. The summed E-state index contributed by atoms with van der Waals surface area (Å²) in [6, 6.07) is 9.25. The number of nitrogens with one attached hydrogen (secondary N) is 3. The third kappa shape index (κ3) is 7.79. The Labute approximate surface area is 179 Å². The molecule has 0 aliphatic rings. The summed E-state index contributed by atoms with van der Waals surface area (Å²) in [6.07, 6.45) is 0. The van der Waals surface area contributed by atoms with Gasteiger partial charge in [0.25, 0.3) is 0 Å². The molecule has 166 valence electrons. The molecule has 0 aliphatic carbocycles. The molecule has 2 aromatic rings. The van der Waals surface area contributed by atoms with Crippen molar-refractivity contribution in [2.24, 2.45) is 4.99 Å². The van der Waals surface area contributed by atoms with Gasteiger partial charge in [-0.15, -0.1) is 0 Å². The first-order valence-electron chi connectivity index (χ1n) is 10.2. The number of hydrogen-bond acceptors (Lipinski definition) is 5. The number of aromatic nitrogens is 1. The van der Waals surface area contributed by atoms with Gasteiger partial charge >= 0.3 is 0 Å². The van der Waals surface area contributed by atoms with E-state index in [2.05, 4.69) is 39.4 Å². The third-order valence-electron chi connectivity index (χ3n) is 4.23. The van der Waals surface area contributed by atoms with Crippen LogP contribution in [0.2, 0.25) is 0 Å². The van der Waals surface area contributed by atoms with Gasteiger partial charge in [-0.25, -0.2) is 18.1 Å². The molecule has 2 rings (SSSR count). The molecule has 3 N–H and O–H groups in total. The maximum absolute atomic E-state index is 12.3. The number of guanidine groups is 1. The fourth-order valence-corrected chi connectivity index (χ4v) is 4.31. The van der Waals surface area contributed by atoms with Gasteiger partial charge in [0, 0.05) is 18.7 Å². The number of aliphatic imine (C=N–C) groups is 1. The summed E-state index contributed by atoms with van der Waals surface area (Å²) < 4.78 is 32.6. The van der Waals surface area contributed by atoms with Crippen LogP contribution in [0.3, 0.4) is 0 Å². The van der Waals surface area contributed by atoms with Gasteiger partial charge in [0.2, 0.25) is 10.0 Å². The molecule has 0 amide bonds. The average molecular weight is 436 g/mol. The Morgan fingerprint density at radius 1 is 1.13 bits per heavy atom. The molecular weight excluding hydrogens is 402 g/mol. The van der Waals surface area contributed by atoms with Crippen molar-refractivity contribution in [2.75, 3.05) is 6.54 Å². The molecule has 0 unspecified atom stereocenters. The Morgan fingerprint density at radius 3 is 2.43 bits per heavy atom.